The summed E-state index contributed by atoms with van der Waals surface area (Å²) >= 11 is -4.95. The van der Waals surface area contributed by atoms with Crippen LogP contribution >= 0.6 is 0 Å². The molecule has 0 aromatic heterocycles. The van der Waals surface area contributed by atoms with E-state index in [4.69, 9.17) is 0 Å². The predicted octanol–water partition coefficient (Wildman–Crippen LogP) is -8.49. The average molecular weight is 355 g/mol. The third-order valence-electron chi connectivity index (χ3n) is 0. The fraction of sp³-hybridized carbons (Fsp3) is 0. The van der Waals surface area contributed by atoms with Crippen LogP contribution in [-0.4, -0.2) is 41.7 Å². The van der Waals surface area contributed by atoms with Crippen LogP contribution in [0, 0.1) is 0 Å². The molecule has 0 aliphatic carbocycles. The van der Waals surface area contributed by atoms with E-state index in [2.05, 4.69) is 0 Å². The van der Waals surface area contributed by atoms with Crippen LogP contribution in [0.15, 0.2) is 0 Å². The molecule has 0 rings (SSSR count). The van der Waals surface area contributed by atoms with Gasteiger partial charge in [0.25, 0.3) is 0 Å². The Bertz CT molecular complexity index is 19.2. The van der Waals surface area contributed by atoms with Crippen molar-refractivity contribution in [2.45, 2.75) is 0 Å². The van der Waals surface area contributed by atoms with E-state index in [1.807, 2.05) is 0 Å². The Kier molecular flexibility index (Phi) is 92.1. The van der Waals surface area contributed by atoms with Crippen molar-refractivity contribution in [3.8, 4) is 0 Å². The van der Waals surface area contributed by atoms with Crippen molar-refractivity contribution in [2.75, 3.05) is 0 Å². The predicted molar refractivity (Wildman–Crippen MR) is 14.8 cm³/mol. The Morgan fingerprint density at radius 3 is 0.750 bits per heavy atom. The minimum atomic E-state index is -4.95. The van der Waals surface area contributed by atoms with Gasteiger partial charge in [0.2, 0.25) is 0 Å². The zero-order valence-electron chi connectivity index (χ0n) is 3.29. The molecular weight excluding hydrogens is 355 g/mol. The van der Waals surface area contributed by atoms with Gasteiger partial charge in [0.05, 0.1) is 0 Å². The molecular formula is Cl3F3GaSb. The molecule has 0 aromatic rings. The summed E-state index contributed by atoms with van der Waals surface area (Å²) in [6.45, 7) is 0. The first-order valence-corrected chi connectivity index (χ1v) is 3.40. The average Bonchev–Trinajstić information content (AvgIpc) is 0.811. The van der Waals surface area contributed by atoms with Crippen LogP contribution in [-0.2, 0) is 0 Å². The third-order valence-corrected chi connectivity index (χ3v) is 0. The summed E-state index contributed by atoms with van der Waals surface area (Å²) in [7, 11) is 0. The van der Waals surface area contributed by atoms with Crippen LogP contribution < -0.4 is 37.2 Å². The van der Waals surface area contributed by atoms with Crippen LogP contribution in [0.25, 0.3) is 0 Å². The summed E-state index contributed by atoms with van der Waals surface area (Å²) in [6, 6.07) is 0. The van der Waals surface area contributed by atoms with Gasteiger partial charge in [0.15, 0.2) is 0 Å². The molecule has 0 heterocycles. The first kappa shape index (κ1) is 32.1. The molecule has 0 amide bonds. The van der Waals surface area contributed by atoms with E-state index in [1.165, 1.54) is 0 Å². The van der Waals surface area contributed by atoms with Crippen molar-refractivity contribution in [1.29, 1.82) is 0 Å². The molecule has 0 aliphatic heterocycles. The van der Waals surface area contributed by atoms with Crippen molar-refractivity contribution in [2.24, 2.45) is 0 Å². The van der Waals surface area contributed by atoms with Gasteiger partial charge in [-0.3, -0.25) is 0 Å². The molecule has 8 heavy (non-hydrogen) atoms. The molecule has 0 atom stereocenters. The molecule has 8 heteroatoms. The molecule has 0 aromatic carbocycles. The number of halogens is 6. The molecule has 0 saturated heterocycles. The molecule has 0 N–H and O–H groups in total. The maximum atomic E-state index is 9.85. The van der Waals surface area contributed by atoms with Crippen LogP contribution in [0.4, 0.5) is 8.44 Å². The second-order valence-corrected chi connectivity index (χ2v) is 1.29. The summed E-state index contributed by atoms with van der Waals surface area (Å²) in [6.07, 6.45) is 0. The van der Waals surface area contributed by atoms with E-state index in [0.717, 1.165) is 0 Å². The van der Waals surface area contributed by atoms with Gasteiger partial charge in [0.1, 0.15) is 0 Å². The van der Waals surface area contributed by atoms with Gasteiger partial charge < -0.3 is 37.2 Å². The first-order chi connectivity index (χ1) is 1.73. The Balaban J connectivity index is -0.00000000750. The third kappa shape index (κ3) is 91.9. The van der Waals surface area contributed by atoms with Gasteiger partial charge in [-0.25, -0.2) is 0 Å². The molecule has 0 radical (unpaired) electrons. The molecule has 0 nitrogen and oxygen atoms in total. The van der Waals surface area contributed by atoms with E-state index in [0.29, 0.717) is 0 Å². The van der Waals surface area contributed by atoms with Crippen molar-refractivity contribution in [3.05, 3.63) is 0 Å². The van der Waals surface area contributed by atoms with E-state index < -0.39 is 22.0 Å². The van der Waals surface area contributed by atoms with Gasteiger partial charge >= 0.3 is 50.2 Å². The molecule has 0 spiro atoms. The Hall–Kier alpha value is 2.11. The Morgan fingerprint density at radius 2 is 0.750 bits per heavy atom. The summed E-state index contributed by atoms with van der Waals surface area (Å²) in [5, 5.41) is 0. The summed E-state index contributed by atoms with van der Waals surface area (Å²) in [5.74, 6) is 0. The molecule has 0 bridgehead atoms. The second-order valence-electron chi connectivity index (χ2n) is 0.192. The Morgan fingerprint density at radius 1 is 0.750 bits per heavy atom. The first-order valence-electron chi connectivity index (χ1n) is 0.507. The SMILES string of the molecule is [Cl-].[Cl-].[Cl-].[F][Sb]([F])[F].[Ga+3]. The number of rotatable bonds is 0. The fourth-order valence-electron chi connectivity index (χ4n) is 0. The van der Waals surface area contributed by atoms with E-state index >= 15 is 0 Å². The summed E-state index contributed by atoms with van der Waals surface area (Å²) in [4.78, 5) is 0. The van der Waals surface area contributed by atoms with E-state index in [-0.39, 0.29) is 57.0 Å². The summed E-state index contributed by atoms with van der Waals surface area (Å²) < 4.78 is 29.6. The van der Waals surface area contributed by atoms with Gasteiger partial charge in [-0.05, 0) is 0 Å². The van der Waals surface area contributed by atoms with Crippen molar-refractivity contribution < 1.29 is 45.7 Å². The van der Waals surface area contributed by atoms with Gasteiger partial charge in [-0.15, -0.1) is 0 Å². The standard InChI is InChI=1S/3ClH.3FH.Ga.Sb/h6*1H;;/q;;;;;;2*+3/p-6. The Labute approximate surface area is 86.6 Å². The zero-order valence-corrected chi connectivity index (χ0v) is 10.5. The largest absolute Gasteiger partial charge is 3.00 e. The minimum Gasteiger partial charge on any atom is 3.00 e. The van der Waals surface area contributed by atoms with Crippen LogP contribution in [0.5, 0.6) is 0 Å². The monoisotopic (exact) mass is 352 g/mol. The number of hydrogen-bond donors (Lipinski definition) is 0. The van der Waals surface area contributed by atoms with Crippen molar-refractivity contribution in [1.82, 2.24) is 0 Å². The molecule has 0 fully saturated rings. The van der Waals surface area contributed by atoms with Gasteiger partial charge in [-0.1, -0.05) is 0 Å². The maximum Gasteiger partial charge on any atom is 3.00 e. The van der Waals surface area contributed by atoms with E-state index in [9.17, 15) is 8.44 Å². The van der Waals surface area contributed by atoms with Crippen LogP contribution in [0.2, 0.25) is 0 Å². The topological polar surface area (TPSA) is 0 Å². The normalized spacial score (nSPS) is 4.50. The number of hydrogen-bond acceptors (Lipinski definition) is 0. The van der Waals surface area contributed by atoms with Gasteiger partial charge in [-0.2, -0.15) is 0 Å². The summed E-state index contributed by atoms with van der Waals surface area (Å²) in [5.41, 5.74) is 0. The molecule has 50 valence electrons. The molecule has 0 unspecified atom stereocenters. The zero-order chi connectivity index (χ0) is 3.58. The smallest absolute Gasteiger partial charge is 3.00 e. The molecule has 0 aliphatic rings. The second kappa shape index (κ2) is 22.9. The van der Waals surface area contributed by atoms with E-state index in [1.54, 1.807) is 0 Å². The van der Waals surface area contributed by atoms with Gasteiger partial charge in [0, 0.05) is 0 Å². The minimum absolute atomic E-state index is 0. The maximum absolute atomic E-state index is 9.85. The van der Waals surface area contributed by atoms with Crippen LogP contribution in [0.3, 0.4) is 0 Å². The van der Waals surface area contributed by atoms with Crippen molar-refractivity contribution >= 4 is 41.7 Å². The quantitative estimate of drug-likeness (QED) is 0.379. The van der Waals surface area contributed by atoms with Crippen LogP contribution in [0.1, 0.15) is 0 Å². The fourth-order valence-corrected chi connectivity index (χ4v) is 0. The van der Waals surface area contributed by atoms with Crippen molar-refractivity contribution in [3.63, 3.8) is 0 Å². The molecule has 0 saturated carbocycles.